The largest absolute Gasteiger partial charge is 0.370 e. The van der Waals surface area contributed by atoms with E-state index < -0.39 is 0 Å². The van der Waals surface area contributed by atoms with Gasteiger partial charge in [0.2, 0.25) is 5.91 Å². The van der Waals surface area contributed by atoms with Gasteiger partial charge < -0.3 is 5.73 Å². The van der Waals surface area contributed by atoms with Crippen LogP contribution in [0.25, 0.3) is 0 Å². The molecule has 12 heavy (non-hydrogen) atoms. The number of allylic oxidation sites excluding steroid dienone is 4. The van der Waals surface area contributed by atoms with Gasteiger partial charge >= 0.3 is 0 Å². The van der Waals surface area contributed by atoms with E-state index in [1.165, 1.54) is 13.3 Å². The Hall–Kier alpha value is -1.05. The summed E-state index contributed by atoms with van der Waals surface area (Å²) in [5.74, 6) is -0.333. The molecule has 0 aromatic heterocycles. The van der Waals surface area contributed by atoms with Gasteiger partial charge in [-0.2, -0.15) is 0 Å². The molecule has 0 bridgehead atoms. The van der Waals surface area contributed by atoms with Crippen LogP contribution in [0.2, 0.25) is 0 Å². The molecule has 1 aliphatic carbocycles. The van der Waals surface area contributed by atoms with Gasteiger partial charge in [0.15, 0.2) is 0 Å². The highest BCUT2D eigenvalue weighted by Gasteiger charge is 2.11. The maximum atomic E-state index is 9.22. The van der Waals surface area contributed by atoms with Crippen molar-refractivity contribution >= 4 is 5.91 Å². The Morgan fingerprint density at radius 1 is 1.42 bits per heavy atom. The molecule has 2 nitrogen and oxygen atoms in total. The molecule has 0 heterocycles. The molecular formula is C10H17NO. The number of carbonyl (C=O) groups excluding carboxylic acids is 1. The number of hydrogen-bond acceptors (Lipinski definition) is 1. The second-order valence-electron chi connectivity index (χ2n) is 3.59. The molecule has 0 fully saturated rings. The van der Waals surface area contributed by atoms with E-state index in [0.717, 1.165) is 0 Å². The standard InChI is InChI=1S/C8H12.C2H5NO/c1-8(2)6-4-3-5-7-8;1-2(3)4/h3-6H,7H2,1-2H3;1H3,(H2,3,4). The van der Waals surface area contributed by atoms with Gasteiger partial charge in [-0.15, -0.1) is 0 Å². The van der Waals surface area contributed by atoms with Gasteiger partial charge in [0.05, 0.1) is 0 Å². The SMILES string of the molecule is CC(N)=O.CC1(C)C=CC=CC1. The number of hydrogen-bond donors (Lipinski definition) is 1. The Morgan fingerprint density at radius 2 is 1.92 bits per heavy atom. The molecule has 2 heteroatoms. The first-order chi connectivity index (χ1) is 5.44. The van der Waals surface area contributed by atoms with Crippen LogP contribution in [-0.2, 0) is 4.79 Å². The van der Waals surface area contributed by atoms with Gasteiger partial charge in [-0.1, -0.05) is 38.2 Å². The summed E-state index contributed by atoms with van der Waals surface area (Å²) < 4.78 is 0. The zero-order valence-electron chi connectivity index (χ0n) is 8.00. The van der Waals surface area contributed by atoms with E-state index in [1.54, 1.807) is 0 Å². The van der Waals surface area contributed by atoms with Gasteiger partial charge in [0, 0.05) is 6.92 Å². The zero-order valence-corrected chi connectivity index (χ0v) is 8.00. The molecule has 0 saturated carbocycles. The smallest absolute Gasteiger partial charge is 0.214 e. The lowest BCUT2D eigenvalue weighted by atomic mass is 9.86. The third-order valence-electron chi connectivity index (χ3n) is 1.44. The maximum Gasteiger partial charge on any atom is 0.214 e. The van der Waals surface area contributed by atoms with Crippen LogP contribution in [0, 0.1) is 5.41 Å². The number of rotatable bonds is 0. The lowest BCUT2D eigenvalue weighted by Gasteiger charge is -2.19. The van der Waals surface area contributed by atoms with Crippen molar-refractivity contribution in [2.45, 2.75) is 27.2 Å². The van der Waals surface area contributed by atoms with Gasteiger partial charge in [-0.3, -0.25) is 4.79 Å². The third-order valence-corrected chi connectivity index (χ3v) is 1.44. The molecule has 0 atom stereocenters. The molecule has 0 aliphatic heterocycles. The minimum atomic E-state index is -0.333. The minimum absolute atomic E-state index is 0.333. The Labute approximate surface area is 74.1 Å². The maximum absolute atomic E-state index is 9.22. The highest BCUT2D eigenvalue weighted by molar-refractivity contribution is 5.70. The average Bonchev–Trinajstić information content (AvgIpc) is 1.85. The van der Waals surface area contributed by atoms with Crippen molar-refractivity contribution in [2.24, 2.45) is 11.1 Å². The average molecular weight is 167 g/mol. The molecular weight excluding hydrogens is 150 g/mol. The Bertz CT molecular complexity index is 198. The summed E-state index contributed by atoms with van der Waals surface area (Å²) in [5.41, 5.74) is 4.88. The highest BCUT2D eigenvalue weighted by atomic mass is 16.1. The molecule has 1 aliphatic rings. The molecule has 1 rings (SSSR count). The van der Waals surface area contributed by atoms with Crippen LogP contribution >= 0.6 is 0 Å². The van der Waals surface area contributed by atoms with Crippen LogP contribution in [0.5, 0.6) is 0 Å². The fraction of sp³-hybridized carbons (Fsp3) is 0.500. The van der Waals surface area contributed by atoms with E-state index in [4.69, 9.17) is 0 Å². The normalized spacial score (nSPS) is 17.9. The summed E-state index contributed by atoms with van der Waals surface area (Å²) in [4.78, 5) is 9.22. The fourth-order valence-electron chi connectivity index (χ4n) is 0.834. The molecule has 68 valence electrons. The highest BCUT2D eigenvalue weighted by Crippen LogP contribution is 2.24. The Morgan fingerprint density at radius 3 is 2.08 bits per heavy atom. The van der Waals surface area contributed by atoms with Gasteiger partial charge in [0.25, 0.3) is 0 Å². The van der Waals surface area contributed by atoms with Crippen molar-refractivity contribution in [1.29, 1.82) is 0 Å². The van der Waals surface area contributed by atoms with Crippen molar-refractivity contribution in [2.75, 3.05) is 0 Å². The predicted molar refractivity (Wildman–Crippen MR) is 51.5 cm³/mol. The third kappa shape index (κ3) is 7.06. The van der Waals surface area contributed by atoms with E-state index in [1.807, 2.05) is 0 Å². The first-order valence-electron chi connectivity index (χ1n) is 4.04. The summed E-state index contributed by atoms with van der Waals surface area (Å²) in [6.07, 6.45) is 9.85. The molecule has 0 radical (unpaired) electrons. The summed E-state index contributed by atoms with van der Waals surface area (Å²) in [5, 5.41) is 0. The van der Waals surface area contributed by atoms with E-state index in [9.17, 15) is 4.79 Å². The van der Waals surface area contributed by atoms with Crippen molar-refractivity contribution in [1.82, 2.24) is 0 Å². The van der Waals surface area contributed by atoms with Gasteiger partial charge in [-0.25, -0.2) is 0 Å². The van der Waals surface area contributed by atoms with Crippen molar-refractivity contribution in [3.8, 4) is 0 Å². The van der Waals surface area contributed by atoms with Crippen LogP contribution in [0.1, 0.15) is 27.2 Å². The van der Waals surface area contributed by atoms with Crippen molar-refractivity contribution in [3.63, 3.8) is 0 Å². The fourth-order valence-corrected chi connectivity index (χ4v) is 0.834. The molecule has 0 saturated heterocycles. The van der Waals surface area contributed by atoms with Gasteiger partial charge in [0.1, 0.15) is 0 Å². The van der Waals surface area contributed by atoms with Crippen molar-refractivity contribution in [3.05, 3.63) is 24.3 Å². The topological polar surface area (TPSA) is 43.1 Å². The molecule has 0 unspecified atom stereocenters. The monoisotopic (exact) mass is 167 g/mol. The number of amides is 1. The molecule has 2 N–H and O–H groups in total. The first kappa shape index (κ1) is 11.0. The molecule has 0 aromatic rings. The molecule has 1 amide bonds. The Balaban J connectivity index is 0.000000261. The van der Waals surface area contributed by atoms with Crippen LogP contribution in [0.4, 0.5) is 0 Å². The number of primary amides is 1. The van der Waals surface area contributed by atoms with Crippen LogP contribution in [-0.4, -0.2) is 5.91 Å². The summed E-state index contributed by atoms with van der Waals surface area (Å²) in [6.45, 7) is 5.79. The van der Waals surface area contributed by atoms with Gasteiger partial charge in [-0.05, 0) is 11.8 Å². The quantitative estimate of drug-likeness (QED) is 0.589. The second-order valence-corrected chi connectivity index (χ2v) is 3.59. The van der Waals surface area contributed by atoms with Crippen LogP contribution in [0.3, 0.4) is 0 Å². The van der Waals surface area contributed by atoms with E-state index >= 15 is 0 Å². The van der Waals surface area contributed by atoms with E-state index in [-0.39, 0.29) is 5.91 Å². The van der Waals surface area contributed by atoms with E-state index in [0.29, 0.717) is 5.41 Å². The predicted octanol–water partition coefficient (Wildman–Crippen LogP) is 2.02. The Kier molecular flexibility index (Phi) is 4.34. The summed E-state index contributed by atoms with van der Waals surface area (Å²) in [7, 11) is 0. The first-order valence-corrected chi connectivity index (χ1v) is 4.04. The number of carbonyl (C=O) groups is 1. The second kappa shape index (κ2) is 4.75. The van der Waals surface area contributed by atoms with E-state index in [2.05, 4.69) is 43.9 Å². The zero-order chi connectivity index (χ0) is 9.61. The summed E-state index contributed by atoms with van der Waals surface area (Å²) >= 11 is 0. The molecule has 0 spiro atoms. The summed E-state index contributed by atoms with van der Waals surface area (Å²) in [6, 6.07) is 0. The minimum Gasteiger partial charge on any atom is -0.370 e. The molecule has 0 aromatic carbocycles. The number of nitrogens with two attached hydrogens (primary N) is 1. The van der Waals surface area contributed by atoms with Crippen molar-refractivity contribution < 1.29 is 4.79 Å². The van der Waals surface area contributed by atoms with Crippen LogP contribution in [0.15, 0.2) is 24.3 Å². The van der Waals surface area contributed by atoms with Crippen LogP contribution < -0.4 is 5.73 Å². The lowest BCUT2D eigenvalue weighted by Crippen LogP contribution is -2.06. The lowest BCUT2D eigenvalue weighted by molar-refractivity contribution is -0.115.